The monoisotopic (exact) mass is 277 g/mol. The summed E-state index contributed by atoms with van der Waals surface area (Å²) in [4.78, 5) is 33.1. The number of carboxylic acid groups (broad SMARTS) is 1. The van der Waals surface area contributed by atoms with E-state index in [0.717, 1.165) is 0 Å². The van der Waals surface area contributed by atoms with Crippen molar-refractivity contribution >= 4 is 17.7 Å². The number of pyridine rings is 1. The van der Waals surface area contributed by atoms with E-state index in [1.807, 2.05) is 0 Å². The molecule has 98 valence electrons. The molecular formula is C12H11N3O3S. The summed E-state index contributed by atoms with van der Waals surface area (Å²) in [6.45, 7) is 3.35. The zero-order valence-corrected chi connectivity index (χ0v) is 11.1. The van der Waals surface area contributed by atoms with Crippen LogP contribution >= 0.6 is 11.8 Å². The molecule has 7 heteroatoms. The first kappa shape index (κ1) is 13.3. The van der Waals surface area contributed by atoms with Gasteiger partial charge in [-0.15, -0.1) is 0 Å². The summed E-state index contributed by atoms with van der Waals surface area (Å²) in [6, 6.07) is 4.47. The molecule has 19 heavy (non-hydrogen) atoms. The van der Waals surface area contributed by atoms with Crippen molar-refractivity contribution in [3.05, 3.63) is 45.5 Å². The highest BCUT2D eigenvalue weighted by Crippen LogP contribution is 2.23. The van der Waals surface area contributed by atoms with E-state index in [4.69, 9.17) is 5.11 Å². The van der Waals surface area contributed by atoms with Gasteiger partial charge < -0.3 is 10.1 Å². The van der Waals surface area contributed by atoms with Crippen LogP contribution in [0.25, 0.3) is 0 Å². The zero-order valence-electron chi connectivity index (χ0n) is 10.3. The molecule has 0 unspecified atom stereocenters. The lowest BCUT2D eigenvalue weighted by molar-refractivity contribution is 0.0695. The second kappa shape index (κ2) is 5.23. The first-order valence-electron chi connectivity index (χ1n) is 5.42. The number of hydrogen-bond donors (Lipinski definition) is 2. The molecule has 6 nitrogen and oxygen atoms in total. The summed E-state index contributed by atoms with van der Waals surface area (Å²) in [5.74, 6) is -1.01. The van der Waals surface area contributed by atoms with Crippen LogP contribution in [0.15, 0.2) is 33.2 Å². The molecule has 0 aliphatic heterocycles. The van der Waals surface area contributed by atoms with Crippen molar-refractivity contribution in [1.82, 2.24) is 15.0 Å². The van der Waals surface area contributed by atoms with E-state index in [-0.39, 0.29) is 11.1 Å². The minimum Gasteiger partial charge on any atom is -0.478 e. The van der Waals surface area contributed by atoms with Crippen molar-refractivity contribution in [1.29, 1.82) is 0 Å². The van der Waals surface area contributed by atoms with Crippen LogP contribution in [0, 0.1) is 13.8 Å². The van der Waals surface area contributed by atoms with Gasteiger partial charge in [0.05, 0.1) is 11.3 Å². The van der Waals surface area contributed by atoms with E-state index in [9.17, 15) is 9.59 Å². The molecule has 0 aliphatic rings. The summed E-state index contributed by atoms with van der Waals surface area (Å²) in [6.07, 6.45) is 0. The highest BCUT2D eigenvalue weighted by Gasteiger charge is 2.10. The van der Waals surface area contributed by atoms with Crippen LogP contribution in [0.5, 0.6) is 0 Å². The largest absolute Gasteiger partial charge is 0.478 e. The van der Waals surface area contributed by atoms with Crippen LogP contribution in [0.4, 0.5) is 0 Å². The molecule has 0 saturated heterocycles. The van der Waals surface area contributed by atoms with E-state index >= 15 is 0 Å². The molecule has 0 spiro atoms. The van der Waals surface area contributed by atoms with Gasteiger partial charge in [0.15, 0.2) is 5.16 Å². The molecule has 2 N–H and O–H groups in total. The summed E-state index contributed by atoms with van der Waals surface area (Å²) < 4.78 is 0. The number of aromatic nitrogens is 3. The fourth-order valence-electron chi connectivity index (χ4n) is 1.52. The molecule has 0 radical (unpaired) electrons. The number of nitrogens with one attached hydrogen (secondary N) is 1. The fraction of sp³-hybridized carbons (Fsp3) is 0.167. The molecule has 0 fully saturated rings. The Bertz CT molecular complexity index is 697. The lowest BCUT2D eigenvalue weighted by Crippen LogP contribution is -2.08. The maximum absolute atomic E-state index is 11.3. The zero-order chi connectivity index (χ0) is 14.0. The molecule has 0 atom stereocenters. The van der Waals surface area contributed by atoms with Gasteiger partial charge in [0.2, 0.25) is 0 Å². The van der Waals surface area contributed by atoms with Crippen LogP contribution < -0.4 is 5.56 Å². The molecule has 0 amide bonds. The molecule has 0 saturated carbocycles. The summed E-state index contributed by atoms with van der Waals surface area (Å²) in [7, 11) is 0. The number of hydrogen-bond acceptors (Lipinski definition) is 5. The third-order valence-electron chi connectivity index (χ3n) is 2.34. The number of aromatic amines is 1. The number of carboxylic acids is 1. The Morgan fingerprint density at radius 3 is 2.63 bits per heavy atom. The minimum absolute atomic E-state index is 0.162. The average Bonchev–Trinajstić information content (AvgIpc) is 2.26. The third kappa shape index (κ3) is 3.19. The van der Waals surface area contributed by atoms with Crippen LogP contribution in [0.2, 0.25) is 0 Å². The van der Waals surface area contributed by atoms with Gasteiger partial charge in [-0.05, 0) is 37.7 Å². The third-order valence-corrected chi connectivity index (χ3v) is 3.16. The Hall–Kier alpha value is -2.15. The maximum atomic E-state index is 11.3. The van der Waals surface area contributed by atoms with E-state index in [1.165, 1.54) is 23.9 Å². The second-order valence-corrected chi connectivity index (χ2v) is 4.89. The van der Waals surface area contributed by atoms with Crippen molar-refractivity contribution in [2.45, 2.75) is 24.0 Å². The smallest absolute Gasteiger partial charge is 0.337 e. The number of aromatic carboxylic acids is 1. The Balaban J connectivity index is 2.31. The minimum atomic E-state index is -1.01. The van der Waals surface area contributed by atoms with Gasteiger partial charge >= 0.3 is 5.97 Å². The van der Waals surface area contributed by atoms with Crippen LogP contribution in [0.3, 0.4) is 0 Å². The van der Waals surface area contributed by atoms with E-state index < -0.39 is 5.97 Å². The summed E-state index contributed by atoms with van der Waals surface area (Å²) in [5.41, 5.74) is 0.974. The van der Waals surface area contributed by atoms with Gasteiger partial charge in [0, 0.05) is 11.8 Å². The highest BCUT2D eigenvalue weighted by molar-refractivity contribution is 7.99. The number of carbonyl (C=O) groups is 1. The lowest BCUT2D eigenvalue weighted by Gasteiger charge is -2.04. The number of H-pyrrole nitrogens is 1. The molecule has 2 aromatic heterocycles. The Labute approximate surface area is 112 Å². The van der Waals surface area contributed by atoms with E-state index in [1.54, 1.807) is 19.9 Å². The quantitative estimate of drug-likeness (QED) is 0.828. The van der Waals surface area contributed by atoms with Gasteiger partial charge in [0.1, 0.15) is 5.03 Å². The molecule has 0 bridgehead atoms. The van der Waals surface area contributed by atoms with Crippen LogP contribution in [0.1, 0.15) is 21.7 Å². The number of aryl methyl sites for hydroxylation is 2. The summed E-state index contributed by atoms with van der Waals surface area (Å²) >= 11 is 1.18. The highest BCUT2D eigenvalue weighted by atomic mass is 32.2. The second-order valence-electron chi connectivity index (χ2n) is 3.88. The molecular weight excluding hydrogens is 266 g/mol. The number of nitrogens with zero attached hydrogens (tertiary/aromatic N) is 2. The summed E-state index contributed by atoms with van der Waals surface area (Å²) in [5, 5.41) is 9.92. The SMILES string of the molecule is Cc1cc(=O)[nH]c(Sc2ccc(C(=O)O)c(C)n2)n1. The van der Waals surface area contributed by atoms with Crippen molar-refractivity contribution in [3.63, 3.8) is 0 Å². The van der Waals surface area contributed by atoms with Crippen LogP contribution in [-0.2, 0) is 0 Å². The first-order valence-corrected chi connectivity index (χ1v) is 6.24. The molecule has 2 aromatic rings. The van der Waals surface area contributed by atoms with Crippen molar-refractivity contribution in [2.24, 2.45) is 0 Å². The topological polar surface area (TPSA) is 95.9 Å². The predicted molar refractivity (Wildman–Crippen MR) is 69.7 cm³/mol. The van der Waals surface area contributed by atoms with E-state index in [0.29, 0.717) is 21.6 Å². The molecule has 2 heterocycles. The van der Waals surface area contributed by atoms with Crippen molar-refractivity contribution < 1.29 is 9.90 Å². The molecule has 0 aliphatic carbocycles. The first-order chi connectivity index (χ1) is 8.95. The predicted octanol–water partition coefficient (Wildman–Crippen LogP) is 1.63. The van der Waals surface area contributed by atoms with Gasteiger partial charge in [-0.3, -0.25) is 4.79 Å². The molecule has 2 rings (SSSR count). The fourth-order valence-corrected chi connectivity index (χ4v) is 2.38. The lowest BCUT2D eigenvalue weighted by atomic mass is 10.2. The normalized spacial score (nSPS) is 10.4. The van der Waals surface area contributed by atoms with Crippen LogP contribution in [-0.4, -0.2) is 26.0 Å². The van der Waals surface area contributed by atoms with E-state index in [2.05, 4.69) is 15.0 Å². The Morgan fingerprint density at radius 2 is 2.05 bits per heavy atom. The van der Waals surface area contributed by atoms with Crippen molar-refractivity contribution in [2.75, 3.05) is 0 Å². The molecule has 0 aromatic carbocycles. The van der Waals surface area contributed by atoms with Gasteiger partial charge in [0.25, 0.3) is 5.56 Å². The van der Waals surface area contributed by atoms with Gasteiger partial charge in [-0.1, -0.05) is 0 Å². The maximum Gasteiger partial charge on any atom is 0.337 e. The van der Waals surface area contributed by atoms with Gasteiger partial charge in [-0.25, -0.2) is 14.8 Å². The average molecular weight is 277 g/mol. The Kier molecular flexibility index (Phi) is 3.66. The Morgan fingerprint density at radius 1 is 1.32 bits per heavy atom. The van der Waals surface area contributed by atoms with Crippen molar-refractivity contribution in [3.8, 4) is 0 Å². The van der Waals surface area contributed by atoms with Gasteiger partial charge in [-0.2, -0.15) is 0 Å². The standard InChI is InChI=1S/C12H11N3O3S/c1-6-5-9(16)15-12(13-6)19-10-4-3-8(11(17)18)7(2)14-10/h3-5H,1-2H3,(H,17,18)(H,13,15,16). The number of rotatable bonds is 3.